The van der Waals surface area contributed by atoms with Crippen molar-refractivity contribution in [1.29, 1.82) is 0 Å². The van der Waals surface area contributed by atoms with E-state index in [1.54, 1.807) is 6.20 Å². The van der Waals surface area contributed by atoms with E-state index in [-0.39, 0.29) is 11.8 Å². The van der Waals surface area contributed by atoms with Crippen LogP contribution in [-0.2, 0) is 4.79 Å². The van der Waals surface area contributed by atoms with Crippen molar-refractivity contribution in [2.24, 2.45) is 5.92 Å². The maximum absolute atomic E-state index is 12.6. The number of aryl methyl sites for hydroxylation is 1. The number of piperidine rings is 1. The van der Waals surface area contributed by atoms with Crippen LogP contribution >= 0.6 is 0 Å². The number of carbonyl (C=O) groups is 1. The van der Waals surface area contributed by atoms with E-state index in [1.807, 2.05) is 60.2 Å². The summed E-state index contributed by atoms with van der Waals surface area (Å²) in [5.74, 6) is 2.41. The molecule has 1 atom stereocenters. The monoisotopic (exact) mass is 362 g/mol. The molecule has 1 aromatic carbocycles. The van der Waals surface area contributed by atoms with Crippen LogP contribution in [0.2, 0.25) is 0 Å². The first-order valence-corrected chi connectivity index (χ1v) is 9.15. The molecule has 0 aliphatic carbocycles. The van der Waals surface area contributed by atoms with Gasteiger partial charge in [0.2, 0.25) is 5.91 Å². The number of carbonyl (C=O) groups excluding carboxylic acids is 1. The van der Waals surface area contributed by atoms with Gasteiger partial charge in [-0.05, 0) is 44.0 Å². The molecule has 1 saturated heterocycles. The van der Waals surface area contributed by atoms with Crippen molar-refractivity contribution < 1.29 is 4.79 Å². The molecule has 1 unspecified atom stereocenters. The van der Waals surface area contributed by atoms with Crippen molar-refractivity contribution in [1.82, 2.24) is 19.7 Å². The van der Waals surface area contributed by atoms with E-state index in [0.717, 1.165) is 42.5 Å². The number of hydrogen-bond acceptors (Lipinski definition) is 5. The Morgan fingerprint density at radius 1 is 1.11 bits per heavy atom. The summed E-state index contributed by atoms with van der Waals surface area (Å²) in [6.45, 7) is 3.46. The Hall–Kier alpha value is -3.22. The lowest BCUT2D eigenvalue weighted by Crippen LogP contribution is -2.41. The van der Waals surface area contributed by atoms with Crippen LogP contribution in [0.25, 0.3) is 5.82 Å². The van der Waals surface area contributed by atoms with Gasteiger partial charge in [0.05, 0.1) is 5.92 Å². The minimum absolute atomic E-state index is 0.0590. The van der Waals surface area contributed by atoms with E-state index in [4.69, 9.17) is 0 Å². The molecule has 7 heteroatoms. The van der Waals surface area contributed by atoms with Crippen LogP contribution in [-0.4, -0.2) is 38.7 Å². The Balaban J connectivity index is 1.43. The zero-order chi connectivity index (χ0) is 18.6. The summed E-state index contributed by atoms with van der Waals surface area (Å²) in [7, 11) is 0. The van der Waals surface area contributed by atoms with Gasteiger partial charge in [0, 0.05) is 31.2 Å². The van der Waals surface area contributed by atoms with E-state index < -0.39 is 0 Å². The number of benzene rings is 1. The first-order valence-electron chi connectivity index (χ1n) is 9.15. The van der Waals surface area contributed by atoms with Crippen LogP contribution in [0.4, 0.5) is 11.5 Å². The largest absolute Gasteiger partial charge is 0.354 e. The van der Waals surface area contributed by atoms with Crippen LogP contribution in [0.15, 0.2) is 54.9 Å². The van der Waals surface area contributed by atoms with Crippen molar-refractivity contribution in [3.8, 4) is 5.82 Å². The molecule has 0 saturated carbocycles. The number of hydrogen-bond donors (Lipinski definition) is 1. The Labute approximate surface area is 158 Å². The lowest BCUT2D eigenvalue weighted by atomic mass is 9.97. The van der Waals surface area contributed by atoms with Gasteiger partial charge in [-0.15, -0.1) is 10.2 Å². The van der Waals surface area contributed by atoms with Crippen molar-refractivity contribution in [3.63, 3.8) is 0 Å². The van der Waals surface area contributed by atoms with Crippen molar-refractivity contribution >= 4 is 17.4 Å². The van der Waals surface area contributed by atoms with Gasteiger partial charge in [-0.1, -0.05) is 18.2 Å². The van der Waals surface area contributed by atoms with Crippen molar-refractivity contribution in [2.45, 2.75) is 19.8 Å². The van der Waals surface area contributed by atoms with Gasteiger partial charge in [-0.2, -0.15) is 0 Å². The van der Waals surface area contributed by atoms with Gasteiger partial charge in [0.25, 0.3) is 0 Å². The molecule has 0 radical (unpaired) electrons. The summed E-state index contributed by atoms with van der Waals surface area (Å²) in [6.07, 6.45) is 5.45. The molecule has 7 nitrogen and oxygen atoms in total. The van der Waals surface area contributed by atoms with Crippen molar-refractivity contribution in [3.05, 3.63) is 60.7 Å². The summed E-state index contributed by atoms with van der Waals surface area (Å²) in [5.41, 5.74) is 0.833. The summed E-state index contributed by atoms with van der Waals surface area (Å²) < 4.78 is 1.89. The van der Waals surface area contributed by atoms with Crippen LogP contribution in [0.1, 0.15) is 18.7 Å². The Kier molecular flexibility index (Phi) is 4.82. The topological polar surface area (TPSA) is 75.9 Å². The highest BCUT2D eigenvalue weighted by Gasteiger charge is 2.26. The second kappa shape index (κ2) is 7.57. The molecule has 3 heterocycles. The predicted octanol–water partition coefficient (Wildman–Crippen LogP) is 2.83. The number of amides is 1. The van der Waals surface area contributed by atoms with Gasteiger partial charge in [-0.3, -0.25) is 9.36 Å². The number of anilines is 2. The lowest BCUT2D eigenvalue weighted by molar-refractivity contribution is -0.120. The fourth-order valence-electron chi connectivity index (χ4n) is 3.40. The normalized spacial score (nSPS) is 16.9. The third-order valence-electron chi connectivity index (χ3n) is 4.87. The average molecular weight is 362 g/mol. The average Bonchev–Trinajstić information content (AvgIpc) is 3.15. The van der Waals surface area contributed by atoms with Crippen LogP contribution < -0.4 is 10.2 Å². The maximum Gasteiger partial charge on any atom is 0.229 e. The fourth-order valence-corrected chi connectivity index (χ4v) is 3.40. The van der Waals surface area contributed by atoms with E-state index in [1.165, 1.54) is 0 Å². The fraction of sp³-hybridized carbons (Fsp3) is 0.300. The van der Waals surface area contributed by atoms with Gasteiger partial charge in [0.15, 0.2) is 11.6 Å². The quantitative estimate of drug-likeness (QED) is 0.772. The molecule has 1 N–H and O–H groups in total. The second-order valence-corrected chi connectivity index (χ2v) is 6.73. The third kappa shape index (κ3) is 3.81. The summed E-state index contributed by atoms with van der Waals surface area (Å²) in [4.78, 5) is 19.0. The first kappa shape index (κ1) is 17.2. The summed E-state index contributed by atoms with van der Waals surface area (Å²) in [5, 5.41) is 11.7. The Bertz CT molecular complexity index is 906. The molecule has 1 aliphatic heterocycles. The molecular formula is C20H22N6O. The van der Waals surface area contributed by atoms with Gasteiger partial charge in [-0.25, -0.2) is 4.98 Å². The molecule has 1 aliphatic rings. The number of para-hydroxylation sites is 1. The van der Waals surface area contributed by atoms with E-state index in [0.29, 0.717) is 6.54 Å². The van der Waals surface area contributed by atoms with Gasteiger partial charge < -0.3 is 10.2 Å². The molecule has 0 bridgehead atoms. The highest BCUT2D eigenvalue weighted by atomic mass is 16.1. The Morgan fingerprint density at radius 2 is 1.89 bits per heavy atom. The molecule has 1 fully saturated rings. The van der Waals surface area contributed by atoms with Crippen molar-refractivity contribution in [2.75, 3.05) is 23.3 Å². The maximum atomic E-state index is 12.6. The zero-order valence-electron chi connectivity index (χ0n) is 15.2. The molecule has 4 rings (SSSR count). The standard InChI is InChI=1S/C20H22N6O/c1-15-21-11-13-26(15)19-10-9-18(23-24-19)25-12-5-6-16(14-25)20(27)22-17-7-3-2-4-8-17/h2-4,7-11,13,16H,5-6,12,14H2,1H3,(H,22,27). The molecule has 0 spiro atoms. The molecule has 138 valence electrons. The van der Waals surface area contributed by atoms with Gasteiger partial charge in [0.1, 0.15) is 5.82 Å². The summed E-state index contributed by atoms with van der Waals surface area (Å²) >= 11 is 0. The smallest absolute Gasteiger partial charge is 0.229 e. The highest BCUT2D eigenvalue weighted by molar-refractivity contribution is 5.93. The van der Waals surface area contributed by atoms with E-state index in [9.17, 15) is 4.79 Å². The second-order valence-electron chi connectivity index (χ2n) is 6.73. The van der Waals surface area contributed by atoms with Crippen LogP contribution in [0.5, 0.6) is 0 Å². The SMILES string of the molecule is Cc1nccn1-c1ccc(N2CCCC(C(=O)Nc3ccccc3)C2)nn1. The van der Waals surface area contributed by atoms with E-state index >= 15 is 0 Å². The minimum atomic E-state index is -0.0590. The zero-order valence-corrected chi connectivity index (χ0v) is 15.2. The van der Waals surface area contributed by atoms with Crippen LogP contribution in [0, 0.1) is 12.8 Å². The molecule has 3 aromatic rings. The predicted molar refractivity (Wildman–Crippen MR) is 104 cm³/mol. The molecule has 1 amide bonds. The Morgan fingerprint density at radius 3 is 2.59 bits per heavy atom. The molecule has 27 heavy (non-hydrogen) atoms. The number of imidazole rings is 1. The number of aromatic nitrogens is 4. The minimum Gasteiger partial charge on any atom is -0.354 e. The van der Waals surface area contributed by atoms with Gasteiger partial charge >= 0.3 is 0 Å². The summed E-state index contributed by atoms with van der Waals surface area (Å²) in [6, 6.07) is 13.5. The number of rotatable bonds is 4. The lowest BCUT2D eigenvalue weighted by Gasteiger charge is -2.32. The highest BCUT2D eigenvalue weighted by Crippen LogP contribution is 2.23. The number of nitrogens with one attached hydrogen (secondary N) is 1. The number of nitrogens with zero attached hydrogens (tertiary/aromatic N) is 5. The molecular weight excluding hydrogens is 340 g/mol. The van der Waals surface area contributed by atoms with Crippen LogP contribution in [0.3, 0.4) is 0 Å². The third-order valence-corrected chi connectivity index (χ3v) is 4.87. The first-order chi connectivity index (χ1) is 13.2. The van der Waals surface area contributed by atoms with E-state index in [2.05, 4.69) is 25.4 Å². The molecule has 2 aromatic heterocycles.